The highest BCUT2D eigenvalue weighted by atomic mass is 32.2. The quantitative estimate of drug-likeness (QED) is 0.230. The first-order valence-electron chi connectivity index (χ1n) is 13.5. The monoisotopic (exact) mass is 537 g/mol. The number of sulfonamides is 1. The molecule has 1 saturated carbocycles. The molecule has 6 nitrogen and oxygen atoms in total. The maximum atomic E-state index is 14.0. The highest BCUT2D eigenvalue weighted by Crippen LogP contribution is 2.40. The SMILES string of the molecule is Cc1ccc(-n2c3cccc(S(=O)(=O)Nc4ccccc4)c3c3cccc(C(=O)C4CCCCC4)c32)c(C)n1. The lowest BCUT2D eigenvalue weighted by molar-refractivity contribution is 0.0891. The molecular weight excluding hydrogens is 506 g/mol. The van der Waals surface area contributed by atoms with Crippen molar-refractivity contribution in [3.63, 3.8) is 0 Å². The van der Waals surface area contributed by atoms with Crippen LogP contribution in [0.1, 0.15) is 53.8 Å². The van der Waals surface area contributed by atoms with Crippen molar-refractivity contribution >= 4 is 43.3 Å². The number of rotatable bonds is 6. The topological polar surface area (TPSA) is 81.1 Å². The second-order valence-electron chi connectivity index (χ2n) is 10.4. The Bertz CT molecular complexity index is 1820. The summed E-state index contributed by atoms with van der Waals surface area (Å²) >= 11 is 0. The Hall–Kier alpha value is -3.97. The third-order valence-electron chi connectivity index (χ3n) is 7.77. The molecule has 0 unspecified atom stereocenters. The zero-order chi connectivity index (χ0) is 27.1. The number of hydrogen-bond acceptors (Lipinski definition) is 4. The van der Waals surface area contributed by atoms with Crippen molar-refractivity contribution < 1.29 is 13.2 Å². The van der Waals surface area contributed by atoms with Gasteiger partial charge in [0.1, 0.15) is 0 Å². The van der Waals surface area contributed by atoms with Crippen molar-refractivity contribution in [3.05, 3.63) is 95.8 Å². The number of nitrogens with zero attached hydrogens (tertiary/aromatic N) is 2. The molecule has 1 N–H and O–H groups in total. The van der Waals surface area contributed by atoms with E-state index in [2.05, 4.69) is 4.72 Å². The number of anilines is 1. The van der Waals surface area contributed by atoms with E-state index < -0.39 is 10.0 Å². The normalized spacial score (nSPS) is 14.6. The Balaban J connectivity index is 1.66. The van der Waals surface area contributed by atoms with Gasteiger partial charge in [-0.2, -0.15) is 0 Å². The van der Waals surface area contributed by atoms with Crippen molar-refractivity contribution in [3.8, 4) is 5.69 Å². The van der Waals surface area contributed by atoms with E-state index in [1.54, 1.807) is 36.4 Å². The van der Waals surface area contributed by atoms with Gasteiger partial charge in [0.15, 0.2) is 5.78 Å². The molecule has 0 spiro atoms. The third-order valence-corrected chi connectivity index (χ3v) is 9.19. The van der Waals surface area contributed by atoms with Gasteiger partial charge in [-0.25, -0.2) is 8.42 Å². The molecule has 1 aliphatic carbocycles. The molecule has 0 aliphatic heterocycles. The van der Waals surface area contributed by atoms with Gasteiger partial charge in [0, 0.05) is 33.6 Å². The third kappa shape index (κ3) is 4.51. The van der Waals surface area contributed by atoms with Crippen molar-refractivity contribution in [2.24, 2.45) is 5.92 Å². The summed E-state index contributed by atoms with van der Waals surface area (Å²) in [4.78, 5) is 18.8. The van der Waals surface area contributed by atoms with Crippen LogP contribution in [0.5, 0.6) is 0 Å². The second-order valence-corrected chi connectivity index (χ2v) is 12.1. The first-order valence-corrected chi connectivity index (χ1v) is 15.0. The minimum atomic E-state index is -3.93. The number of nitrogens with one attached hydrogen (secondary N) is 1. The molecular formula is C32H31N3O3S. The summed E-state index contributed by atoms with van der Waals surface area (Å²) in [6.45, 7) is 3.89. The molecule has 1 fully saturated rings. The summed E-state index contributed by atoms with van der Waals surface area (Å²) in [5.74, 6) is 0.116. The maximum absolute atomic E-state index is 14.0. The lowest BCUT2D eigenvalue weighted by Crippen LogP contribution is -2.18. The number of fused-ring (bicyclic) bond motifs is 3. The van der Waals surface area contributed by atoms with Crippen molar-refractivity contribution in [1.82, 2.24) is 9.55 Å². The van der Waals surface area contributed by atoms with Gasteiger partial charge < -0.3 is 4.57 Å². The lowest BCUT2D eigenvalue weighted by atomic mass is 9.83. The first-order chi connectivity index (χ1) is 18.8. The summed E-state index contributed by atoms with van der Waals surface area (Å²) < 4.78 is 32.3. The largest absolute Gasteiger partial charge is 0.307 e. The molecule has 2 aromatic heterocycles. The Morgan fingerprint density at radius 3 is 2.36 bits per heavy atom. The predicted molar refractivity (Wildman–Crippen MR) is 156 cm³/mol. The smallest absolute Gasteiger partial charge is 0.262 e. The van der Waals surface area contributed by atoms with Gasteiger partial charge in [0.25, 0.3) is 10.0 Å². The van der Waals surface area contributed by atoms with E-state index >= 15 is 0 Å². The van der Waals surface area contributed by atoms with Gasteiger partial charge >= 0.3 is 0 Å². The minimum Gasteiger partial charge on any atom is -0.307 e. The van der Waals surface area contributed by atoms with Gasteiger partial charge in [-0.15, -0.1) is 0 Å². The number of pyridine rings is 1. The average molecular weight is 538 g/mol. The Labute approximate surface area is 228 Å². The van der Waals surface area contributed by atoms with E-state index in [1.807, 2.05) is 60.9 Å². The zero-order valence-corrected chi connectivity index (χ0v) is 23.0. The number of carbonyl (C=O) groups excluding carboxylic acids is 1. The van der Waals surface area contributed by atoms with Crippen LogP contribution in [0.15, 0.2) is 83.8 Å². The molecule has 0 saturated heterocycles. The molecule has 5 aromatic rings. The van der Waals surface area contributed by atoms with Crippen LogP contribution < -0.4 is 4.72 Å². The molecule has 1 aliphatic rings. The van der Waals surface area contributed by atoms with E-state index in [1.165, 1.54) is 0 Å². The molecule has 7 heteroatoms. The molecule has 0 amide bonds. The van der Waals surface area contributed by atoms with E-state index in [0.29, 0.717) is 16.6 Å². The molecule has 0 radical (unpaired) electrons. The first kappa shape index (κ1) is 25.3. The molecule has 198 valence electrons. The van der Waals surface area contributed by atoms with E-state index in [-0.39, 0.29) is 16.6 Å². The van der Waals surface area contributed by atoms with E-state index in [4.69, 9.17) is 4.98 Å². The molecule has 2 heterocycles. The Morgan fingerprint density at radius 2 is 1.62 bits per heavy atom. The van der Waals surface area contributed by atoms with E-state index in [0.717, 1.165) is 65.6 Å². The van der Waals surface area contributed by atoms with Crippen LogP contribution >= 0.6 is 0 Å². The number of hydrogen-bond donors (Lipinski definition) is 1. The molecule has 6 rings (SSSR count). The van der Waals surface area contributed by atoms with Crippen LogP contribution in [0.2, 0.25) is 0 Å². The van der Waals surface area contributed by atoms with Gasteiger partial charge in [-0.3, -0.25) is 14.5 Å². The predicted octanol–water partition coefficient (Wildman–Crippen LogP) is 7.36. The van der Waals surface area contributed by atoms with Gasteiger partial charge in [0.2, 0.25) is 0 Å². The number of ketones is 1. The number of aryl methyl sites for hydroxylation is 2. The van der Waals surface area contributed by atoms with Gasteiger partial charge in [-0.1, -0.05) is 55.7 Å². The summed E-state index contributed by atoms with van der Waals surface area (Å²) in [6.07, 6.45) is 5.06. The number of carbonyl (C=O) groups is 1. The maximum Gasteiger partial charge on any atom is 0.262 e. The van der Waals surface area contributed by atoms with E-state index in [9.17, 15) is 13.2 Å². The fourth-order valence-corrected chi connectivity index (χ4v) is 7.27. The average Bonchev–Trinajstić information content (AvgIpc) is 3.28. The van der Waals surface area contributed by atoms with Crippen LogP contribution in [-0.2, 0) is 10.0 Å². The second kappa shape index (κ2) is 9.97. The molecule has 0 bridgehead atoms. The van der Waals surface area contributed by atoms with Crippen LogP contribution in [0.3, 0.4) is 0 Å². The minimum absolute atomic E-state index is 0.0176. The molecule has 39 heavy (non-hydrogen) atoms. The number of para-hydroxylation sites is 2. The summed E-state index contributed by atoms with van der Waals surface area (Å²) in [7, 11) is -3.93. The van der Waals surface area contributed by atoms with Crippen molar-refractivity contribution in [2.75, 3.05) is 4.72 Å². The lowest BCUT2D eigenvalue weighted by Gasteiger charge is -2.21. The highest BCUT2D eigenvalue weighted by molar-refractivity contribution is 7.93. The fraction of sp³-hybridized carbons (Fsp3) is 0.250. The summed E-state index contributed by atoms with van der Waals surface area (Å²) in [5.41, 5.74) is 5.11. The summed E-state index contributed by atoms with van der Waals surface area (Å²) in [6, 6.07) is 23.8. The standard InChI is InChI=1S/C32H31N3O3S/c1-21-19-20-27(22(2)33-21)35-28-17-10-18-29(39(37,38)34-24-13-7-4-8-14-24)30(28)25-15-9-16-26(31(25)35)32(36)23-11-5-3-6-12-23/h4,7-10,13-20,23,34H,3,5-6,11-12H2,1-2H3. The van der Waals surface area contributed by atoms with Crippen molar-refractivity contribution in [1.29, 1.82) is 0 Å². The fourth-order valence-electron chi connectivity index (χ4n) is 5.97. The van der Waals surface area contributed by atoms with Crippen LogP contribution in [0, 0.1) is 19.8 Å². The van der Waals surface area contributed by atoms with Crippen LogP contribution in [0.4, 0.5) is 5.69 Å². The Morgan fingerprint density at radius 1 is 0.872 bits per heavy atom. The highest BCUT2D eigenvalue weighted by Gasteiger charge is 2.29. The zero-order valence-electron chi connectivity index (χ0n) is 22.1. The van der Waals surface area contributed by atoms with Crippen LogP contribution in [0.25, 0.3) is 27.5 Å². The van der Waals surface area contributed by atoms with Crippen molar-refractivity contribution in [2.45, 2.75) is 50.8 Å². The number of benzene rings is 3. The number of aromatic nitrogens is 2. The van der Waals surface area contributed by atoms with Gasteiger partial charge in [0.05, 0.1) is 27.3 Å². The number of Topliss-reactive ketones (excluding diaryl/α,β-unsaturated/α-hetero) is 1. The summed E-state index contributed by atoms with van der Waals surface area (Å²) in [5, 5.41) is 1.33. The van der Waals surface area contributed by atoms with Gasteiger partial charge in [-0.05, 0) is 69.2 Å². The molecule has 0 atom stereocenters. The molecule has 3 aromatic carbocycles. The van der Waals surface area contributed by atoms with Crippen LogP contribution in [-0.4, -0.2) is 23.8 Å². The Kier molecular flexibility index (Phi) is 6.47.